The Balaban J connectivity index is 1.80. The van der Waals surface area contributed by atoms with Gasteiger partial charge in [0.25, 0.3) is 5.56 Å². The van der Waals surface area contributed by atoms with Crippen LogP contribution in [0.3, 0.4) is 0 Å². The van der Waals surface area contributed by atoms with Gasteiger partial charge >= 0.3 is 11.9 Å². The molecule has 3 rings (SSSR count). The van der Waals surface area contributed by atoms with Crippen LogP contribution < -0.4 is 5.56 Å². The van der Waals surface area contributed by atoms with Gasteiger partial charge in [-0.1, -0.05) is 13.3 Å². The Morgan fingerprint density at radius 2 is 2.15 bits per heavy atom. The number of nitrogens with zero attached hydrogens (tertiary/aromatic N) is 2. The van der Waals surface area contributed by atoms with Crippen molar-refractivity contribution >= 4 is 33.5 Å². The molecule has 1 aliphatic rings. The fourth-order valence-corrected chi connectivity index (χ4v) is 4.54. The molecule has 0 N–H and O–H groups in total. The molecule has 0 spiro atoms. The van der Waals surface area contributed by atoms with Gasteiger partial charge in [0.2, 0.25) is 0 Å². The summed E-state index contributed by atoms with van der Waals surface area (Å²) in [7, 11) is 0. The fourth-order valence-electron chi connectivity index (χ4n) is 3.51. The van der Waals surface area contributed by atoms with E-state index in [1.807, 2.05) is 0 Å². The lowest BCUT2D eigenvalue weighted by Crippen LogP contribution is -2.30. The summed E-state index contributed by atoms with van der Waals surface area (Å²) in [6.45, 7) is 5.65. The van der Waals surface area contributed by atoms with Gasteiger partial charge in [-0.05, 0) is 44.6 Å². The van der Waals surface area contributed by atoms with E-state index in [9.17, 15) is 14.4 Å². The van der Waals surface area contributed by atoms with Crippen molar-refractivity contribution in [1.82, 2.24) is 9.55 Å². The van der Waals surface area contributed by atoms with E-state index in [2.05, 4.69) is 11.9 Å². The lowest BCUT2D eigenvalue weighted by Gasteiger charge is -2.26. The molecule has 0 saturated heterocycles. The monoisotopic (exact) mass is 392 g/mol. The van der Waals surface area contributed by atoms with E-state index in [-0.39, 0.29) is 24.8 Å². The Kier molecular flexibility index (Phi) is 5.94. The van der Waals surface area contributed by atoms with Crippen molar-refractivity contribution in [2.75, 3.05) is 6.61 Å². The molecule has 1 aliphatic carbocycles. The highest BCUT2D eigenvalue weighted by atomic mass is 32.1. The first-order valence-electron chi connectivity index (χ1n) is 9.25. The summed E-state index contributed by atoms with van der Waals surface area (Å²) in [5.74, 6) is -0.349. The highest BCUT2D eigenvalue weighted by Crippen LogP contribution is 2.28. The van der Waals surface area contributed by atoms with Crippen LogP contribution in [-0.2, 0) is 20.8 Å². The van der Waals surface area contributed by atoms with Gasteiger partial charge in [-0.3, -0.25) is 14.2 Å². The molecule has 0 bridgehead atoms. The minimum absolute atomic E-state index is 0.0769. The standard InChI is InChI=1S/C19H24N2O5S/c1-4-25-19(24)16-12(3)15-17(27-16)20-10-21(18(15)23)9-14(22)26-13-7-5-6-11(2)8-13/h10-11,13H,4-9H2,1-3H3. The molecule has 2 aromatic rings. The second-order valence-corrected chi connectivity index (χ2v) is 8.02. The third kappa shape index (κ3) is 4.21. The number of aryl methyl sites for hydroxylation is 1. The maximum atomic E-state index is 12.8. The number of aromatic nitrogens is 2. The Morgan fingerprint density at radius 3 is 2.85 bits per heavy atom. The molecule has 8 heteroatoms. The predicted octanol–water partition coefficient (Wildman–Crippen LogP) is 3.07. The number of thiophene rings is 1. The number of carbonyl (C=O) groups is 2. The Hall–Kier alpha value is -2.22. The SMILES string of the molecule is CCOC(=O)c1sc2ncn(CC(=O)OC3CCCC(C)C3)c(=O)c2c1C. The predicted molar refractivity (Wildman–Crippen MR) is 102 cm³/mol. The van der Waals surface area contributed by atoms with Crippen LogP contribution in [0.1, 0.15) is 54.8 Å². The third-order valence-electron chi connectivity index (χ3n) is 4.86. The molecule has 7 nitrogen and oxygen atoms in total. The molecule has 146 valence electrons. The smallest absolute Gasteiger partial charge is 0.348 e. The van der Waals surface area contributed by atoms with E-state index < -0.39 is 11.9 Å². The second kappa shape index (κ2) is 8.21. The van der Waals surface area contributed by atoms with Crippen molar-refractivity contribution in [2.45, 2.75) is 59.1 Å². The van der Waals surface area contributed by atoms with Gasteiger partial charge in [-0.15, -0.1) is 11.3 Å². The molecule has 2 atom stereocenters. The van der Waals surface area contributed by atoms with Gasteiger partial charge < -0.3 is 9.47 Å². The van der Waals surface area contributed by atoms with Crippen LogP contribution in [0.2, 0.25) is 0 Å². The van der Waals surface area contributed by atoms with Crippen molar-refractivity contribution in [1.29, 1.82) is 0 Å². The third-order valence-corrected chi connectivity index (χ3v) is 6.04. The molecular formula is C19H24N2O5S. The fraction of sp³-hybridized carbons (Fsp3) is 0.579. The van der Waals surface area contributed by atoms with Crippen LogP contribution in [0.5, 0.6) is 0 Å². The summed E-state index contributed by atoms with van der Waals surface area (Å²) in [5, 5.41) is 0.352. The minimum atomic E-state index is -0.463. The molecule has 1 saturated carbocycles. The van der Waals surface area contributed by atoms with Gasteiger partial charge in [0, 0.05) is 0 Å². The maximum absolute atomic E-state index is 12.8. The first-order valence-corrected chi connectivity index (χ1v) is 10.1. The number of hydrogen-bond donors (Lipinski definition) is 0. The molecule has 27 heavy (non-hydrogen) atoms. The Morgan fingerprint density at radius 1 is 1.37 bits per heavy atom. The van der Waals surface area contributed by atoms with Crippen molar-refractivity contribution < 1.29 is 19.1 Å². The minimum Gasteiger partial charge on any atom is -0.462 e. The van der Waals surface area contributed by atoms with Gasteiger partial charge in [-0.2, -0.15) is 0 Å². The van der Waals surface area contributed by atoms with Gasteiger partial charge in [0.1, 0.15) is 22.4 Å². The van der Waals surface area contributed by atoms with Crippen LogP contribution in [0.25, 0.3) is 10.2 Å². The summed E-state index contributed by atoms with van der Waals surface area (Å²) in [6, 6.07) is 0. The topological polar surface area (TPSA) is 87.5 Å². The van der Waals surface area contributed by atoms with E-state index in [0.29, 0.717) is 26.6 Å². The zero-order chi connectivity index (χ0) is 19.6. The first kappa shape index (κ1) is 19.5. The largest absolute Gasteiger partial charge is 0.462 e. The number of ether oxygens (including phenoxy) is 2. The highest BCUT2D eigenvalue weighted by molar-refractivity contribution is 7.20. The van der Waals surface area contributed by atoms with Crippen molar-refractivity contribution in [3.05, 3.63) is 27.1 Å². The number of hydrogen-bond acceptors (Lipinski definition) is 7. The number of esters is 2. The van der Waals surface area contributed by atoms with E-state index in [4.69, 9.17) is 9.47 Å². The summed E-state index contributed by atoms with van der Waals surface area (Å²) in [4.78, 5) is 42.2. The van der Waals surface area contributed by atoms with Crippen LogP contribution >= 0.6 is 11.3 Å². The average molecular weight is 392 g/mol. The Bertz CT molecular complexity index is 917. The zero-order valence-electron chi connectivity index (χ0n) is 15.8. The second-order valence-electron chi connectivity index (χ2n) is 7.02. The van der Waals surface area contributed by atoms with Crippen molar-refractivity contribution in [3.63, 3.8) is 0 Å². The summed E-state index contributed by atoms with van der Waals surface area (Å²) < 4.78 is 11.8. The van der Waals surface area contributed by atoms with Crippen LogP contribution in [-0.4, -0.2) is 34.2 Å². The summed E-state index contributed by atoms with van der Waals surface area (Å²) in [5.41, 5.74) is 0.188. The molecule has 2 aromatic heterocycles. The number of rotatable bonds is 5. The zero-order valence-corrected chi connectivity index (χ0v) is 16.6. The molecule has 0 amide bonds. The first-order chi connectivity index (χ1) is 12.9. The van der Waals surface area contributed by atoms with Gasteiger partial charge in [-0.25, -0.2) is 9.78 Å². The molecule has 2 unspecified atom stereocenters. The molecule has 0 radical (unpaired) electrons. The Labute approximate surface area is 161 Å². The summed E-state index contributed by atoms with van der Waals surface area (Å²) in [6.07, 6.45) is 5.21. The van der Waals surface area contributed by atoms with E-state index in [1.54, 1.807) is 13.8 Å². The van der Waals surface area contributed by atoms with Crippen molar-refractivity contribution in [2.24, 2.45) is 5.92 Å². The lowest BCUT2D eigenvalue weighted by atomic mass is 9.89. The molecular weight excluding hydrogens is 368 g/mol. The molecule has 1 fully saturated rings. The highest BCUT2D eigenvalue weighted by Gasteiger charge is 2.24. The normalized spacial score (nSPS) is 19.8. The van der Waals surface area contributed by atoms with Crippen LogP contribution in [0.4, 0.5) is 0 Å². The van der Waals surface area contributed by atoms with Gasteiger partial charge in [0.05, 0.1) is 18.3 Å². The molecule has 0 aromatic carbocycles. The summed E-state index contributed by atoms with van der Waals surface area (Å²) >= 11 is 1.13. The van der Waals surface area contributed by atoms with Crippen LogP contribution in [0.15, 0.2) is 11.1 Å². The van der Waals surface area contributed by atoms with Gasteiger partial charge in [0.15, 0.2) is 0 Å². The quantitative estimate of drug-likeness (QED) is 0.727. The van der Waals surface area contributed by atoms with E-state index in [1.165, 1.54) is 10.9 Å². The molecule has 2 heterocycles. The van der Waals surface area contributed by atoms with E-state index >= 15 is 0 Å². The average Bonchev–Trinajstić information content (AvgIpc) is 2.95. The molecule has 0 aliphatic heterocycles. The van der Waals surface area contributed by atoms with Crippen LogP contribution in [0, 0.1) is 12.8 Å². The number of fused-ring (bicyclic) bond motifs is 1. The maximum Gasteiger partial charge on any atom is 0.348 e. The number of carbonyl (C=O) groups excluding carboxylic acids is 2. The van der Waals surface area contributed by atoms with Crippen molar-refractivity contribution in [3.8, 4) is 0 Å². The lowest BCUT2D eigenvalue weighted by molar-refractivity contribution is -0.152. The van der Waals surface area contributed by atoms with E-state index in [0.717, 1.165) is 37.0 Å².